The van der Waals surface area contributed by atoms with Crippen LogP contribution in [0.2, 0.25) is 0 Å². The minimum atomic E-state index is -0.342. The molecule has 0 spiro atoms. The first-order chi connectivity index (χ1) is 20.4. The van der Waals surface area contributed by atoms with E-state index in [1.807, 2.05) is 31.2 Å². The first-order valence-corrected chi connectivity index (χ1v) is 14.1. The van der Waals surface area contributed by atoms with E-state index in [4.69, 9.17) is 14.2 Å². The van der Waals surface area contributed by atoms with Crippen LogP contribution in [-0.4, -0.2) is 50.8 Å². The lowest BCUT2D eigenvalue weighted by Crippen LogP contribution is -2.34. The molecule has 0 bridgehead atoms. The van der Waals surface area contributed by atoms with E-state index in [1.165, 1.54) is 7.11 Å². The van der Waals surface area contributed by atoms with Gasteiger partial charge in [0.05, 0.1) is 20.1 Å². The molecular formula is C32H38N4O6. The van der Waals surface area contributed by atoms with Gasteiger partial charge in [0.15, 0.2) is 11.5 Å². The number of rotatable bonds is 12. The zero-order valence-corrected chi connectivity index (χ0v) is 24.0. The fourth-order valence-electron chi connectivity index (χ4n) is 4.48. The molecule has 3 amide bonds. The number of carbonyl (C=O) groups is 3. The van der Waals surface area contributed by atoms with E-state index in [2.05, 4.69) is 21.3 Å². The molecule has 222 valence electrons. The van der Waals surface area contributed by atoms with Crippen molar-refractivity contribution in [3.05, 3.63) is 77.9 Å². The Morgan fingerprint density at radius 2 is 1.62 bits per heavy atom. The van der Waals surface area contributed by atoms with E-state index in [0.29, 0.717) is 35.9 Å². The number of methoxy groups -OCH3 is 1. The van der Waals surface area contributed by atoms with Crippen molar-refractivity contribution in [2.75, 3.05) is 42.8 Å². The van der Waals surface area contributed by atoms with E-state index in [0.717, 1.165) is 42.7 Å². The van der Waals surface area contributed by atoms with Crippen LogP contribution in [0.1, 0.15) is 36.8 Å². The summed E-state index contributed by atoms with van der Waals surface area (Å²) in [5.41, 5.74) is 3.69. The molecule has 0 saturated carbocycles. The number of piperidine rings is 1. The summed E-state index contributed by atoms with van der Waals surface area (Å²) in [6, 6.07) is 19.6. The van der Waals surface area contributed by atoms with Crippen molar-refractivity contribution in [1.82, 2.24) is 5.32 Å². The molecule has 4 rings (SSSR count). The number of amides is 3. The number of carbonyl (C=O) groups excluding carboxylic acids is 3. The van der Waals surface area contributed by atoms with Gasteiger partial charge in [0, 0.05) is 29.5 Å². The molecule has 0 unspecified atom stereocenters. The Bertz CT molecular complexity index is 1360. The fourth-order valence-corrected chi connectivity index (χ4v) is 4.48. The van der Waals surface area contributed by atoms with E-state index in [1.54, 1.807) is 42.5 Å². The Labute approximate surface area is 246 Å². The molecule has 0 radical (unpaired) electrons. The van der Waals surface area contributed by atoms with Crippen LogP contribution in [-0.2, 0) is 20.7 Å². The Hall–Kier alpha value is -4.57. The standard InChI is InChI=1S/C32H38N4O6/c1-22-6-3-4-7-27(22)36-32(39)35-24-11-9-23(10-12-24)20-30(37)34-25-13-14-28(42-26-15-17-33-18-16-26)29(21-25)41-19-5-8-31(38)40-2/h3-4,6-7,9-14,21,26,33H,5,8,15-20H2,1-2H3,(H,34,37)(H2,35,36,39). The molecule has 1 heterocycles. The topological polar surface area (TPSA) is 127 Å². The predicted molar refractivity (Wildman–Crippen MR) is 162 cm³/mol. The van der Waals surface area contributed by atoms with Gasteiger partial charge >= 0.3 is 12.0 Å². The third-order valence-electron chi connectivity index (χ3n) is 6.79. The van der Waals surface area contributed by atoms with Crippen LogP contribution in [0.4, 0.5) is 21.9 Å². The molecule has 4 N–H and O–H groups in total. The molecule has 10 heteroatoms. The summed E-state index contributed by atoms with van der Waals surface area (Å²) in [6.07, 6.45) is 2.77. The average molecular weight is 575 g/mol. The third-order valence-corrected chi connectivity index (χ3v) is 6.79. The largest absolute Gasteiger partial charge is 0.490 e. The Kier molecular flexibility index (Phi) is 11.2. The molecule has 3 aromatic rings. The molecule has 42 heavy (non-hydrogen) atoms. The van der Waals surface area contributed by atoms with Crippen molar-refractivity contribution < 1.29 is 28.6 Å². The van der Waals surface area contributed by atoms with Crippen molar-refractivity contribution >= 4 is 35.0 Å². The molecule has 10 nitrogen and oxygen atoms in total. The van der Waals surface area contributed by atoms with Crippen molar-refractivity contribution in [3.63, 3.8) is 0 Å². The van der Waals surface area contributed by atoms with Gasteiger partial charge in [-0.15, -0.1) is 0 Å². The number of benzene rings is 3. The summed E-state index contributed by atoms with van der Waals surface area (Å²) in [5.74, 6) is 0.625. The maximum absolute atomic E-state index is 12.8. The van der Waals surface area contributed by atoms with Gasteiger partial charge in [-0.1, -0.05) is 30.3 Å². The predicted octanol–water partition coefficient (Wildman–Crippen LogP) is 5.28. The maximum Gasteiger partial charge on any atom is 0.323 e. The number of urea groups is 1. The van der Waals surface area contributed by atoms with Gasteiger partial charge in [0.2, 0.25) is 5.91 Å². The first kappa shape index (κ1) is 30.4. The number of esters is 1. The van der Waals surface area contributed by atoms with Gasteiger partial charge in [-0.25, -0.2) is 4.79 Å². The maximum atomic E-state index is 12.8. The summed E-state index contributed by atoms with van der Waals surface area (Å²) in [4.78, 5) is 36.6. The number of para-hydroxylation sites is 1. The third kappa shape index (κ3) is 9.52. The molecule has 0 aliphatic carbocycles. The number of ether oxygens (including phenoxy) is 3. The molecule has 0 atom stereocenters. The number of hydrogen-bond acceptors (Lipinski definition) is 7. The van der Waals surface area contributed by atoms with Crippen molar-refractivity contribution in [2.45, 2.75) is 45.1 Å². The highest BCUT2D eigenvalue weighted by atomic mass is 16.5. The summed E-state index contributed by atoms with van der Waals surface area (Å²) in [6.45, 7) is 4.02. The van der Waals surface area contributed by atoms with Crippen LogP contribution >= 0.6 is 0 Å². The lowest BCUT2D eigenvalue weighted by molar-refractivity contribution is -0.140. The highest BCUT2D eigenvalue weighted by molar-refractivity contribution is 6.00. The number of anilines is 3. The van der Waals surface area contributed by atoms with Gasteiger partial charge in [-0.3, -0.25) is 9.59 Å². The first-order valence-electron chi connectivity index (χ1n) is 14.1. The lowest BCUT2D eigenvalue weighted by atomic mass is 10.1. The van der Waals surface area contributed by atoms with Crippen LogP contribution in [0.3, 0.4) is 0 Å². The molecule has 1 fully saturated rings. The van der Waals surface area contributed by atoms with E-state index >= 15 is 0 Å². The van der Waals surface area contributed by atoms with Gasteiger partial charge < -0.3 is 35.5 Å². The number of hydrogen-bond donors (Lipinski definition) is 4. The number of aryl methyl sites for hydroxylation is 1. The highest BCUT2D eigenvalue weighted by Gasteiger charge is 2.18. The second-order valence-corrected chi connectivity index (χ2v) is 10.1. The van der Waals surface area contributed by atoms with Gasteiger partial charge in [0.1, 0.15) is 6.10 Å². The van der Waals surface area contributed by atoms with E-state index in [9.17, 15) is 14.4 Å². The highest BCUT2D eigenvalue weighted by Crippen LogP contribution is 2.33. The van der Waals surface area contributed by atoms with Crippen LogP contribution in [0, 0.1) is 6.92 Å². The molecular weight excluding hydrogens is 536 g/mol. The lowest BCUT2D eigenvalue weighted by Gasteiger charge is -2.25. The Morgan fingerprint density at radius 1 is 0.881 bits per heavy atom. The summed E-state index contributed by atoms with van der Waals surface area (Å²) >= 11 is 0. The molecule has 0 aromatic heterocycles. The minimum absolute atomic E-state index is 0.0788. The quantitative estimate of drug-likeness (QED) is 0.171. The van der Waals surface area contributed by atoms with Crippen LogP contribution in [0.5, 0.6) is 11.5 Å². The van der Waals surface area contributed by atoms with Crippen LogP contribution in [0.15, 0.2) is 66.7 Å². The number of nitrogens with one attached hydrogen (secondary N) is 4. The fraction of sp³-hybridized carbons (Fsp3) is 0.344. The van der Waals surface area contributed by atoms with Gasteiger partial charge in [-0.2, -0.15) is 0 Å². The van der Waals surface area contributed by atoms with Crippen LogP contribution < -0.4 is 30.7 Å². The molecule has 3 aromatic carbocycles. The normalized spacial score (nSPS) is 13.1. The monoisotopic (exact) mass is 574 g/mol. The summed E-state index contributed by atoms with van der Waals surface area (Å²) < 4.78 is 16.9. The Morgan fingerprint density at radius 3 is 2.36 bits per heavy atom. The molecule has 1 aliphatic rings. The minimum Gasteiger partial charge on any atom is -0.490 e. The van der Waals surface area contributed by atoms with Crippen molar-refractivity contribution in [1.29, 1.82) is 0 Å². The van der Waals surface area contributed by atoms with E-state index in [-0.39, 0.29) is 36.9 Å². The van der Waals surface area contributed by atoms with Crippen LogP contribution in [0.25, 0.3) is 0 Å². The van der Waals surface area contributed by atoms with Crippen molar-refractivity contribution in [2.24, 2.45) is 0 Å². The van der Waals surface area contributed by atoms with Crippen molar-refractivity contribution in [3.8, 4) is 11.5 Å². The molecule has 1 aliphatic heterocycles. The summed E-state index contributed by atoms with van der Waals surface area (Å²) in [5, 5.41) is 11.9. The second kappa shape index (κ2) is 15.4. The molecule has 1 saturated heterocycles. The summed E-state index contributed by atoms with van der Waals surface area (Å²) in [7, 11) is 1.36. The Balaban J connectivity index is 1.32. The zero-order chi connectivity index (χ0) is 29.7. The van der Waals surface area contributed by atoms with Gasteiger partial charge in [0.25, 0.3) is 0 Å². The SMILES string of the molecule is COC(=O)CCCOc1cc(NC(=O)Cc2ccc(NC(=O)Nc3ccccc3C)cc2)ccc1OC1CCNCC1. The zero-order valence-electron chi connectivity index (χ0n) is 24.0. The van der Waals surface area contributed by atoms with E-state index < -0.39 is 0 Å². The second-order valence-electron chi connectivity index (χ2n) is 10.1. The average Bonchev–Trinajstić information content (AvgIpc) is 2.99. The smallest absolute Gasteiger partial charge is 0.323 e. The van der Waals surface area contributed by atoms with Gasteiger partial charge in [-0.05, 0) is 80.7 Å².